The number of benzene rings is 2. The van der Waals surface area contributed by atoms with Gasteiger partial charge < -0.3 is 28.7 Å². The average molecular weight is 476 g/mol. The zero-order valence-corrected chi connectivity index (χ0v) is 20.1. The predicted molar refractivity (Wildman–Crippen MR) is 132 cm³/mol. The van der Waals surface area contributed by atoms with Crippen LogP contribution in [0.15, 0.2) is 24.3 Å². The molecule has 0 radical (unpaired) electrons. The Morgan fingerprint density at radius 1 is 1.00 bits per heavy atom. The number of carbonyl (C=O) groups is 1. The van der Waals surface area contributed by atoms with Gasteiger partial charge >= 0.3 is 0 Å². The second-order valence-electron chi connectivity index (χ2n) is 8.44. The van der Waals surface area contributed by atoms with E-state index in [9.17, 15) is 4.79 Å². The summed E-state index contributed by atoms with van der Waals surface area (Å²) in [7, 11) is 3.17. The van der Waals surface area contributed by atoms with Gasteiger partial charge in [0.25, 0.3) is 0 Å². The summed E-state index contributed by atoms with van der Waals surface area (Å²) in [5, 5.41) is 0. The van der Waals surface area contributed by atoms with Crippen molar-refractivity contribution in [2.45, 2.75) is 31.6 Å². The summed E-state index contributed by atoms with van der Waals surface area (Å²) in [6.45, 7) is -3.69. The van der Waals surface area contributed by atoms with E-state index in [4.69, 9.17) is 28.5 Å². The first-order valence-electron chi connectivity index (χ1n) is 14.8. The molecular formula is C27H36N2O5. The Morgan fingerprint density at radius 3 is 2.32 bits per heavy atom. The van der Waals surface area contributed by atoms with Gasteiger partial charge in [-0.25, -0.2) is 0 Å². The van der Waals surface area contributed by atoms with Gasteiger partial charge in [-0.1, -0.05) is 0 Å². The molecule has 34 heavy (non-hydrogen) atoms. The number of rotatable bonds is 10. The van der Waals surface area contributed by atoms with E-state index in [1.807, 2.05) is 6.07 Å². The summed E-state index contributed by atoms with van der Waals surface area (Å²) in [6.07, 6.45) is 0.943. The number of fused-ring (bicyclic) bond motifs is 2. The molecule has 7 heteroatoms. The van der Waals surface area contributed by atoms with E-state index in [0.29, 0.717) is 36.4 Å². The number of hydrogen-bond acceptors (Lipinski definition) is 6. The molecule has 1 unspecified atom stereocenters. The lowest BCUT2D eigenvalue weighted by atomic mass is 9.77. The average Bonchev–Trinajstić information content (AvgIpc) is 3.04. The molecule has 2 aromatic carbocycles. The van der Waals surface area contributed by atoms with Crippen LogP contribution < -0.4 is 18.9 Å². The van der Waals surface area contributed by atoms with Crippen LogP contribution in [0, 0.1) is 0 Å². The minimum absolute atomic E-state index is 0.0201. The SMILES string of the molecule is [2H]C([2H])([2H])Oc1cc2c(cc1OC)CC2C([2H])([2H])N(C)C([2H])([2H])CCN1CCc2cc(OC)c(OC)cc2CC1=O. The van der Waals surface area contributed by atoms with Crippen molar-refractivity contribution in [1.29, 1.82) is 0 Å². The fourth-order valence-electron chi connectivity index (χ4n) is 4.56. The third kappa shape index (κ3) is 4.94. The molecule has 0 N–H and O–H groups in total. The Labute approximate surface area is 212 Å². The molecule has 1 amide bonds. The van der Waals surface area contributed by atoms with Crippen molar-refractivity contribution in [2.24, 2.45) is 0 Å². The summed E-state index contributed by atoms with van der Waals surface area (Å²) < 4.78 is 78.5. The first kappa shape index (κ1) is 16.7. The molecule has 7 nitrogen and oxygen atoms in total. The Balaban J connectivity index is 1.46. The fraction of sp³-hybridized carbons (Fsp3) is 0.519. The van der Waals surface area contributed by atoms with Crippen LogP contribution in [-0.4, -0.2) is 77.2 Å². The molecule has 1 aliphatic carbocycles. The van der Waals surface area contributed by atoms with E-state index >= 15 is 0 Å². The molecule has 1 atom stereocenters. The first-order chi connectivity index (χ1) is 19.1. The molecule has 1 heterocycles. The quantitative estimate of drug-likeness (QED) is 0.526. The number of ether oxygens (including phenoxy) is 4. The molecule has 184 valence electrons. The van der Waals surface area contributed by atoms with E-state index in [1.165, 1.54) is 27.3 Å². The van der Waals surface area contributed by atoms with Gasteiger partial charge in [0.2, 0.25) is 5.91 Å². The second-order valence-corrected chi connectivity index (χ2v) is 8.44. The molecule has 0 spiro atoms. The normalized spacial score (nSPS) is 21.2. The van der Waals surface area contributed by atoms with Crippen molar-refractivity contribution >= 4 is 5.91 Å². The third-order valence-corrected chi connectivity index (χ3v) is 6.47. The van der Waals surface area contributed by atoms with Gasteiger partial charge in [-0.2, -0.15) is 0 Å². The monoisotopic (exact) mass is 475 g/mol. The van der Waals surface area contributed by atoms with Gasteiger partial charge in [-0.05, 0) is 79.3 Å². The molecule has 0 bridgehead atoms. The topological polar surface area (TPSA) is 60.5 Å². The number of likely N-dealkylation sites (N-methyl/N-ethyl adjacent to an activating group) is 1. The maximum absolute atomic E-state index is 13.1. The highest BCUT2D eigenvalue weighted by molar-refractivity contribution is 5.80. The van der Waals surface area contributed by atoms with Crippen molar-refractivity contribution in [3.63, 3.8) is 0 Å². The Bertz CT molecular complexity index is 1300. The van der Waals surface area contributed by atoms with E-state index in [0.717, 1.165) is 21.6 Å². The fourth-order valence-corrected chi connectivity index (χ4v) is 4.56. The first-order valence-corrected chi connectivity index (χ1v) is 11.3. The van der Waals surface area contributed by atoms with E-state index < -0.39 is 25.9 Å². The molecule has 2 aliphatic rings. The number of hydrogen-bond donors (Lipinski definition) is 0. The Morgan fingerprint density at radius 2 is 1.65 bits per heavy atom. The molecule has 0 saturated carbocycles. The van der Waals surface area contributed by atoms with Gasteiger partial charge in [0.1, 0.15) is 0 Å². The highest BCUT2D eigenvalue weighted by Gasteiger charge is 2.29. The largest absolute Gasteiger partial charge is 0.493 e. The number of methoxy groups -OCH3 is 4. The molecule has 4 rings (SSSR count). The number of nitrogens with zero attached hydrogens (tertiary/aromatic N) is 2. The van der Waals surface area contributed by atoms with Crippen LogP contribution in [0.5, 0.6) is 23.0 Å². The van der Waals surface area contributed by atoms with Crippen LogP contribution in [0.1, 0.15) is 44.2 Å². The predicted octanol–water partition coefficient (Wildman–Crippen LogP) is 3.31. The van der Waals surface area contributed by atoms with Gasteiger partial charge in [-0.15, -0.1) is 0 Å². The second kappa shape index (κ2) is 10.6. The lowest BCUT2D eigenvalue weighted by Crippen LogP contribution is -2.36. The molecular weight excluding hydrogens is 432 g/mol. The van der Waals surface area contributed by atoms with Crippen LogP contribution in [0.25, 0.3) is 0 Å². The van der Waals surface area contributed by atoms with Crippen molar-refractivity contribution in [2.75, 3.05) is 61.5 Å². The Hall–Kier alpha value is -2.93. The highest BCUT2D eigenvalue weighted by Crippen LogP contribution is 2.42. The van der Waals surface area contributed by atoms with Gasteiger partial charge in [0, 0.05) is 31.0 Å². The maximum atomic E-state index is 13.1. The standard InChI is InChI=1S/C27H36N2O5/c1-28(17-21-11-20-14-25(33-4)26(34-5)16-22(20)21)8-6-9-29-10-7-18-12-23(31-2)24(32-3)13-19(18)15-27(29)30/h12-14,16,21H,6-11,15,17H2,1-5H3/i5D3,8D2,17D2. The lowest BCUT2D eigenvalue weighted by molar-refractivity contribution is -0.130. The van der Waals surface area contributed by atoms with Crippen molar-refractivity contribution in [3.05, 3.63) is 46.5 Å². The summed E-state index contributed by atoms with van der Waals surface area (Å²) >= 11 is 0. The Kier molecular flexibility index (Phi) is 5.17. The minimum atomic E-state index is -2.71. The summed E-state index contributed by atoms with van der Waals surface area (Å²) in [5.74, 6) is 0.487. The van der Waals surface area contributed by atoms with E-state index in [2.05, 4.69) is 0 Å². The van der Waals surface area contributed by atoms with Gasteiger partial charge in [-0.3, -0.25) is 4.79 Å². The third-order valence-electron chi connectivity index (χ3n) is 6.47. The number of amides is 1. The maximum Gasteiger partial charge on any atom is 0.227 e. The van der Waals surface area contributed by atoms with Crippen LogP contribution in [0.2, 0.25) is 0 Å². The van der Waals surface area contributed by atoms with E-state index in [-0.39, 0.29) is 36.8 Å². The highest BCUT2D eigenvalue weighted by atomic mass is 16.5. The van der Waals surface area contributed by atoms with Crippen molar-refractivity contribution in [3.8, 4) is 23.0 Å². The molecule has 0 aromatic heterocycles. The van der Waals surface area contributed by atoms with Crippen LogP contribution >= 0.6 is 0 Å². The van der Waals surface area contributed by atoms with Crippen molar-refractivity contribution < 1.29 is 33.3 Å². The molecule has 2 aromatic rings. The van der Waals surface area contributed by atoms with Crippen LogP contribution in [-0.2, 0) is 24.1 Å². The molecule has 0 saturated heterocycles. The zero-order chi connectivity index (χ0) is 30.3. The summed E-state index contributed by atoms with van der Waals surface area (Å²) in [5.41, 5.74) is 3.14. The molecule has 0 fully saturated rings. The van der Waals surface area contributed by atoms with Gasteiger partial charge in [0.15, 0.2) is 23.0 Å². The zero-order valence-electron chi connectivity index (χ0n) is 27.1. The van der Waals surface area contributed by atoms with Gasteiger partial charge in [0.05, 0.1) is 38.9 Å². The smallest absolute Gasteiger partial charge is 0.227 e. The van der Waals surface area contributed by atoms with Crippen LogP contribution in [0.3, 0.4) is 0 Å². The summed E-state index contributed by atoms with van der Waals surface area (Å²) in [4.78, 5) is 15.8. The number of carbonyl (C=O) groups excluding carboxylic acids is 1. The lowest BCUT2D eigenvalue weighted by Gasteiger charge is -2.34. The van der Waals surface area contributed by atoms with E-state index in [1.54, 1.807) is 24.1 Å². The van der Waals surface area contributed by atoms with Crippen LogP contribution in [0.4, 0.5) is 0 Å². The molecule has 1 aliphatic heterocycles. The summed E-state index contributed by atoms with van der Waals surface area (Å²) in [6, 6.07) is 6.77. The van der Waals surface area contributed by atoms with Crippen molar-refractivity contribution in [1.82, 2.24) is 9.80 Å². The minimum Gasteiger partial charge on any atom is -0.493 e.